The number of fused-ring (bicyclic) bond motifs is 1. The second-order valence-corrected chi connectivity index (χ2v) is 7.12. The predicted molar refractivity (Wildman–Crippen MR) is 86.0 cm³/mol. The van der Waals surface area contributed by atoms with Crippen molar-refractivity contribution in [1.82, 2.24) is 14.7 Å². The number of thioether (sulfide) groups is 1. The second-order valence-electron chi connectivity index (χ2n) is 5.17. The maximum atomic E-state index is 5.41. The molecule has 2 aromatic heterocycles. The molecule has 0 aromatic carbocycles. The third-order valence-corrected chi connectivity index (χ3v) is 5.98. The SMILES string of the molecule is COc1nc2sccn2c1CNC1CCCCC1SC. The summed E-state index contributed by atoms with van der Waals surface area (Å²) in [5.74, 6) is 0.751. The van der Waals surface area contributed by atoms with E-state index in [1.54, 1.807) is 18.4 Å². The molecule has 1 N–H and O–H groups in total. The van der Waals surface area contributed by atoms with E-state index in [1.165, 1.54) is 25.7 Å². The van der Waals surface area contributed by atoms with Gasteiger partial charge in [-0.05, 0) is 19.1 Å². The van der Waals surface area contributed by atoms with Crippen molar-refractivity contribution in [2.75, 3.05) is 13.4 Å². The van der Waals surface area contributed by atoms with Crippen molar-refractivity contribution in [3.8, 4) is 5.88 Å². The van der Waals surface area contributed by atoms with Crippen LogP contribution in [0.5, 0.6) is 5.88 Å². The molecule has 0 aliphatic heterocycles. The van der Waals surface area contributed by atoms with Crippen LogP contribution in [-0.4, -0.2) is 34.0 Å². The first-order valence-corrected chi connectivity index (χ1v) is 9.25. The van der Waals surface area contributed by atoms with Crippen LogP contribution in [0.3, 0.4) is 0 Å². The number of ether oxygens (including phenoxy) is 1. The number of thiazole rings is 1. The van der Waals surface area contributed by atoms with E-state index in [1.807, 2.05) is 11.8 Å². The molecule has 0 amide bonds. The van der Waals surface area contributed by atoms with Crippen LogP contribution in [-0.2, 0) is 6.54 Å². The zero-order valence-electron chi connectivity index (χ0n) is 12.0. The summed E-state index contributed by atoms with van der Waals surface area (Å²) in [6.07, 6.45) is 9.61. The number of nitrogens with zero attached hydrogens (tertiary/aromatic N) is 2. The Bertz CT molecular complexity index is 566. The van der Waals surface area contributed by atoms with Gasteiger partial charge in [0.1, 0.15) is 5.69 Å². The Balaban J connectivity index is 1.73. The van der Waals surface area contributed by atoms with Gasteiger partial charge in [-0.25, -0.2) is 0 Å². The fourth-order valence-electron chi connectivity index (χ4n) is 2.98. The fourth-order valence-corrected chi connectivity index (χ4v) is 4.66. The molecule has 0 bridgehead atoms. The molecule has 1 aliphatic rings. The van der Waals surface area contributed by atoms with Crippen LogP contribution in [0.4, 0.5) is 0 Å². The molecular weight excluding hydrogens is 290 g/mol. The predicted octanol–water partition coefficient (Wildman–Crippen LogP) is 3.17. The average molecular weight is 311 g/mol. The molecule has 2 aromatic rings. The van der Waals surface area contributed by atoms with Gasteiger partial charge in [-0.1, -0.05) is 12.8 Å². The molecule has 2 unspecified atom stereocenters. The zero-order valence-corrected chi connectivity index (χ0v) is 13.6. The molecule has 110 valence electrons. The van der Waals surface area contributed by atoms with Crippen LogP contribution in [0.15, 0.2) is 11.6 Å². The van der Waals surface area contributed by atoms with E-state index in [9.17, 15) is 0 Å². The van der Waals surface area contributed by atoms with E-state index >= 15 is 0 Å². The third kappa shape index (κ3) is 2.69. The Kier molecular flexibility index (Phi) is 4.53. The number of rotatable bonds is 5. The van der Waals surface area contributed by atoms with Gasteiger partial charge in [-0.3, -0.25) is 4.40 Å². The van der Waals surface area contributed by atoms with Crippen molar-refractivity contribution in [2.45, 2.75) is 43.5 Å². The molecule has 1 fully saturated rings. The van der Waals surface area contributed by atoms with E-state index < -0.39 is 0 Å². The molecule has 20 heavy (non-hydrogen) atoms. The van der Waals surface area contributed by atoms with Crippen molar-refractivity contribution in [2.24, 2.45) is 0 Å². The highest BCUT2D eigenvalue weighted by Gasteiger charge is 2.24. The number of hydrogen-bond donors (Lipinski definition) is 1. The Morgan fingerprint density at radius 1 is 1.50 bits per heavy atom. The minimum absolute atomic E-state index is 0.604. The van der Waals surface area contributed by atoms with E-state index in [-0.39, 0.29) is 0 Å². The van der Waals surface area contributed by atoms with Gasteiger partial charge in [0.05, 0.1) is 7.11 Å². The third-order valence-electron chi connectivity index (χ3n) is 4.05. The number of aromatic nitrogens is 2. The average Bonchev–Trinajstić information content (AvgIpc) is 3.06. The standard InChI is InChI=1S/C14H21N3OS2/c1-18-13-11(17-7-8-20-14(17)16-13)9-15-10-5-3-4-6-12(10)19-2/h7-8,10,12,15H,3-6,9H2,1-2H3. The topological polar surface area (TPSA) is 38.6 Å². The summed E-state index contributed by atoms with van der Waals surface area (Å²) in [4.78, 5) is 5.51. The number of methoxy groups -OCH3 is 1. The smallest absolute Gasteiger partial charge is 0.237 e. The van der Waals surface area contributed by atoms with E-state index in [0.29, 0.717) is 6.04 Å². The summed E-state index contributed by atoms with van der Waals surface area (Å²) in [6, 6.07) is 0.604. The second kappa shape index (κ2) is 6.37. The Labute approximate surface area is 127 Å². The lowest BCUT2D eigenvalue weighted by molar-refractivity contribution is 0.367. The van der Waals surface area contributed by atoms with Crippen LogP contribution in [0.2, 0.25) is 0 Å². The van der Waals surface area contributed by atoms with Gasteiger partial charge in [0.25, 0.3) is 0 Å². The molecular formula is C14H21N3OS2. The molecule has 3 rings (SSSR count). The highest BCUT2D eigenvalue weighted by Crippen LogP contribution is 2.28. The Morgan fingerprint density at radius 3 is 3.15 bits per heavy atom. The molecule has 6 heteroatoms. The van der Waals surface area contributed by atoms with Gasteiger partial charge < -0.3 is 10.1 Å². The maximum Gasteiger partial charge on any atom is 0.237 e. The van der Waals surface area contributed by atoms with Gasteiger partial charge in [-0.15, -0.1) is 11.3 Å². The van der Waals surface area contributed by atoms with Crippen LogP contribution < -0.4 is 10.1 Å². The first-order chi connectivity index (χ1) is 9.83. The van der Waals surface area contributed by atoms with Crippen molar-refractivity contribution in [3.63, 3.8) is 0 Å². The van der Waals surface area contributed by atoms with Crippen molar-refractivity contribution < 1.29 is 4.74 Å². The van der Waals surface area contributed by atoms with Gasteiger partial charge in [0.2, 0.25) is 5.88 Å². The number of hydrogen-bond acceptors (Lipinski definition) is 5. The zero-order chi connectivity index (χ0) is 13.9. The summed E-state index contributed by atoms with van der Waals surface area (Å²) in [5, 5.41) is 6.53. The molecule has 0 saturated heterocycles. The van der Waals surface area contributed by atoms with Gasteiger partial charge >= 0.3 is 0 Å². The van der Waals surface area contributed by atoms with Crippen molar-refractivity contribution in [1.29, 1.82) is 0 Å². The van der Waals surface area contributed by atoms with Gasteiger partial charge in [-0.2, -0.15) is 16.7 Å². The summed E-state index contributed by atoms with van der Waals surface area (Å²) < 4.78 is 7.54. The molecule has 0 radical (unpaired) electrons. The highest BCUT2D eigenvalue weighted by molar-refractivity contribution is 7.99. The Morgan fingerprint density at radius 2 is 2.35 bits per heavy atom. The van der Waals surface area contributed by atoms with Crippen molar-refractivity contribution in [3.05, 3.63) is 17.3 Å². The molecule has 2 heterocycles. The lowest BCUT2D eigenvalue weighted by Crippen LogP contribution is -2.40. The van der Waals surface area contributed by atoms with Crippen LogP contribution in [0.25, 0.3) is 4.96 Å². The first kappa shape index (κ1) is 14.2. The monoisotopic (exact) mass is 311 g/mol. The van der Waals surface area contributed by atoms with E-state index in [4.69, 9.17) is 4.74 Å². The van der Waals surface area contributed by atoms with Crippen LogP contribution in [0.1, 0.15) is 31.4 Å². The summed E-state index contributed by atoms with van der Waals surface area (Å²) in [7, 11) is 1.70. The molecule has 4 nitrogen and oxygen atoms in total. The number of nitrogens with one attached hydrogen (secondary N) is 1. The van der Waals surface area contributed by atoms with E-state index in [0.717, 1.165) is 28.3 Å². The summed E-state index contributed by atoms with van der Waals surface area (Å²) >= 11 is 3.64. The van der Waals surface area contributed by atoms with E-state index in [2.05, 4.69) is 32.5 Å². The molecule has 0 spiro atoms. The molecule has 1 aliphatic carbocycles. The minimum Gasteiger partial charge on any atom is -0.480 e. The van der Waals surface area contributed by atoms with Crippen molar-refractivity contribution >= 4 is 28.1 Å². The van der Waals surface area contributed by atoms with Gasteiger partial charge in [0, 0.05) is 29.4 Å². The van der Waals surface area contributed by atoms with Crippen LogP contribution in [0, 0.1) is 0 Å². The largest absolute Gasteiger partial charge is 0.480 e. The highest BCUT2D eigenvalue weighted by atomic mass is 32.2. The number of imidazole rings is 1. The summed E-state index contributed by atoms with van der Waals surface area (Å²) in [5.41, 5.74) is 1.13. The minimum atomic E-state index is 0.604. The lowest BCUT2D eigenvalue weighted by atomic mass is 9.95. The fraction of sp³-hybridized carbons (Fsp3) is 0.643. The maximum absolute atomic E-state index is 5.41. The normalized spacial score (nSPS) is 23.3. The quantitative estimate of drug-likeness (QED) is 0.920. The lowest BCUT2D eigenvalue weighted by Gasteiger charge is -2.31. The first-order valence-electron chi connectivity index (χ1n) is 7.08. The van der Waals surface area contributed by atoms with Gasteiger partial charge in [0.15, 0.2) is 4.96 Å². The molecule has 2 atom stereocenters. The summed E-state index contributed by atoms with van der Waals surface area (Å²) in [6.45, 7) is 0.822. The van der Waals surface area contributed by atoms with Crippen LogP contribution >= 0.6 is 23.1 Å². The Hall–Kier alpha value is -0.720. The molecule has 1 saturated carbocycles.